The summed E-state index contributed by atoms with van der Waals surface area (Å²) in [5.41, 5.74) is 1.67. The largest absolute Gasteiger partial charge is 0.481 e. The number of aromatic nitrogens is 2. The molecule has 0 aromatic carbocycles. The summed E-state index contributed by atoms with van der Waals surface area (Å²) in [7, 11) is 3.70. The fourth-order valence-corrected chi connectivity index (χ4v) is 2.84. The molecule has 3 heterocycles. The van der Waals surface area contributed by atoms with Gasteiger partial charge in [-0.15, -0.1) is 0 Å². The lowest BCUT2D eigenvalue weighted by Gasteiger charge is -2.33. The summed E-state index contributed by atoms with van der Waals surface area (Å²) >= 11 is 0. The molecule has 7 heteroatoms. The van der Waals surface area contributed by atoms with Crippen LogP contribution in [0.15, 0.2) is 36.5 Å². The lowest BCUT2D eigenvalue weighted by Crippen LogP contribution is -2.44. The van der Waals surface area contributed by atoms with Gasteiger partial charge in [-0.05, 0) is 24.7 Å². The molecule has 0 saturated carbocycles. The van der Waals surface area contributed by atoms with Crippen LogP contribution >= 0.6 is 0 Å². The Kier molecular flexibility index (Phi) is 6.01. The average molecular weight is 355 g/mol. The second-order valence-electron chi connectivity index (χ2n) is 6.44. The Bertz CT molecular complexity index is 727. The molecule has 0 bridgehead atoms. The van der Waals surface area contributed by atoms with Crippen LogP contribution in [-0.2, 0) is 17.8 Å². The van der Waals surface area contributed by atoms with Gasteiger partial charge in [-0.25, -0.2) is 9.97 Å². The van der Waals surface area contributed by atoms with Crippen molar-refractivity contribution in [3.63, 3.8) is 0 Å². The van der Waals surface area contributed by atoms with E-state index in [0.29, 0.717) is 18.1 Å². The van der Waals surface area contributed by atoms with Crippen LogP contribution in [0.1, 0.15) is 11.3 Å². The second-order valence-corrected chi connectivity index (χ2v) is 6.44. The normalized spacial score (nSPS) is 14.9. The third-order valence-corrected chi connectivity index (χ3v) is 4.46. The summed E-state index contributed by atoms with van der Waals surface area (Å²) < 4.78 is 5.08. The molecule has 1 amide bonds. The standard InChI is InChI=1S/C19H25N5O2/c1-23-8-10-24(11-9-23)17-7-6-15(13-20-17)14-21-18(25)12-16-4-3-5-19(22-16)26-2/h3-7,13H,8-12,14H2,1-2H3,(H,21,25). The van der Waals surface area contributed by atoms with Crippen molar-refractivity contribution in [3.8, 4) is 5.88 Å². The Morgan fingerprint density at radius 1 is 1.19 bits per heavy atom. The van der Waals surface area contributed by atoms with Crippen LogP contribution in [0.3, 0.4) is 0 Å². The fraction of sp³-hybridized carbons (Fsp3) is 0.421. The molecular weight excluding hydrogens is 330 g/mol. The average Bonchev–Trinajstić information content (AvgIpc) is 2.67. The van der Waals surface area contributed by atoms with Crippen LogP contribution in [0.4, 0.5) is 5.82 Å². The van der Waals surface area contributed by atoms with E-state index in [1.54, 1.807) is 13.2 Å². The molecule has 138 valence electrons. The van der Waals surface area contributed by atoms with Crippen LogP contribution in [0, 0.1) is 0 Å². The smallest absolute Gasteiger partial charge is 0.226 e. The second kappa shape index (κ2) is 8.62. The van der Waals surface area contributed by atoms with Gasteiger partial charge < -0.3 is 19.9 Å². The van der Waals surface area contributed by atoms with E-state index in [1.807, 2.05) is 30.5 Å². The molecule has 0 unspecified atom stereocenters. The van der Waals surface area contributed by atoms with E-state index < -0.39 is 0 Å². The Hall–Kier alpha value is -2.67. The zero-order valence-electron chi connectivity index (χ0n) is 15.3. The summed E-state index contributed by atoms with van der Waals surface area (Å²) in [6.07, 6.45) is 2.06. The SMILES string of the molecule is COc1cccc(CC(=O)NCc2ccc(N3CCN(C)CC3)nc2)n1. The first-order chi connectivity index (χ1) is 12.6. The van der Waals surface area contributed by atoms with Crippen molar-refractivity contribution in [1.82, 2.24) is 20.2 Å². The molecular formula is C19H25N5O2. The molecule has 1 fully saturated rings. The maximum atomic E-state index is 12.1. The third-order valence-electron chi connectivity index (χ3n) is 4.46. The lowest BCUT2D eigenvalue weighted by atomic mass is 10.2. The minimum absolute atomic E-state index is 0.0751. The number of carbonyl (C=O) groups excluding carboxylic acids is 1. The molecule has 7 nitrogen and oxygen atoms in total. The van der Waals surface area contributed by atoms with E-state index in [9.17, 15) is 4.79 Å². The zero-order valence-corrected chi connectivity index (χ0v) is 15.3. The maximum absolute atomic E-state index is 12.1. The molecule has 2 aromatic heterocycles. The van der Waals surface area contributed by atoms with Gasteiger partial charge in [0.05, 0.1) is 19.2 Å². The molecule has 1 N–H and O–H groups in total. The number of amides is 1. The molecule has 0 atom stereocenters. The summed E-state index contributed by atoms with van der Waals surface area (Å²) in [6, 6.07) is 9.44. The Morgan fingerprint density at radius 2 is 2.00 bits per heavy atom. The van der Waals surface area contributed by atoms with Crippen molar-refractivity contribution in [2.45, 2.75) is 13.0 Å². The summed E-state index contributed by atoms with van der Waals surface area (Å²) in [5, 5.41) is 2.91. The summed E-state index contributed by atoms with van der Waals surface area (Å²) in [4.78, 5) is 25.5. The molecule has 26 heavy (non-hydrogen) atoms. The van der Waals surface area contributed by atoms with Gasteiger partial charge in [0.25, 0.3) is 0 Å². The number of likely N-dealkylation sites (N-methyl/N-ethyl adjacent to an activating group) is 1. The minimum atomic E-state index is -0.0751. The van der Waals surface area contributed by atoms with Gasteiger partial charge in [0.1, 0.15) is 5.82 Å². The number of nitrogens with one attached hydrogen (secondary N) is 1. The van der Waals surface area contributed by atoms with Crippen LogP contribution in [-0.4, -0.2) is 61.1 Å². The predicted octanol–water partition coefficient (Wildman–Crippen LogP) is 1.10. The van der Waals surface area contributed by atoms with Crippen LogP contribution in [0.5, 0.6) is 5.88 Å². The number of piperazine rings is 1. The Labute approximate surface area is 154 Å². The number of rotatable bonds is 6. The number of carbonyl (C=O) groups is 1. The fourth-order valence-electron chi connectivity index (χ4n) is 2.84. The first-order valence-corrected chi connectivity index (χ1v) is 8.79. The molecule has 1 saturated heterocycles. The van der Waals surface area contributed by atoms with Crippen LogP contribution < -0.4 is 15.0 Å². The summed E-state index contributed by atoms with van der Waals surface area (Å²) in [5.74, 6) is 1.43. The van der Waals surface area contributed by atoms with Gasteiger partial charge >= 0.3 is 0 Å². The van der Waals surface area contributed by atoms with Gasteiger partial charge in [-0.3, -0.25) is 4.79 Å². The number of methoxy groups -OCH3 is 1. The van der Waals surface area contributed by atoms with Gasteiger partial charge in [0.2, 0.25) is 11.8 Å². The highest BCUT2D eigenvalue weighted by Crippen LogP contribution is 2.13. The van der Waals surface area contributed by atoms with E-state index in [4.69, 9.17) is 4.74 Å². The molecule has 0 radical (unpaired) electrons. The monoisotopic (exact) mass is 355 g/mol. The van der Waals surface area contributed by atoms with Crippen LogP contribution in [0.25, 0.3) is 0 Å². The highest BCUT2D eigenvalue weighted by Gasteiger charge is 2.15. The molecule has 1 aliphatic rings. The van der Waals surface area contributed by atoms with Crippen molar-refractivity contribution in [2.24, 2.45) is 0 Å². The molecule has 3 rings (SSSR count). The minimum Gasteiger partial charge on any atom is -0.481 e. The van der Waals surface area contributed by atoms with Crippen LogP contribution in [0.2, 0.25) is 0 Å². The molecule has 0 aliphatic carbocycles. The van der Waals surface area contributed by atoms with Gasteiger partial charge in [0, 0.05) is 45.0 Å². The summed E-state index contributed by atoms with van der Waals surface area (Å²) in [6.45, 7) is 4.55. The third kappa shape index (κ3) is 4.92. The predicted molar refractivity (Wildman–Crippen MR) is 100 cm³/mol. The maximum Gasteiger partial charge on any atom is 0.226 e. The zero-order chi connectivity index (χ0) is 18.4. The van der Waals surface area contributed by atoms with E-state index in [-0.39, 0.29) is 12.3 Å². The van der Waals surface area contributed by atoms with Crippen molar-refractivity contribution in [2.75, 3.05) is 45.2 Å². The highest BCUT2D eigenvalue weighted by molar-refractivity contribution is 5.78. The number of anilines is 1. The highest BCUT2D eigenvalue weighted by atomic mass is 16.5. The quantitative estimate of drug-likeness (QED) is 0.837. The molecule has 0 spiro atoms. The van der Waals surface area contributed by atoms with Gasteiger partial charge in [-0.1, -0.05) is 12.1 Å². The number of pyridine rings is 2. The topological polar surface area (TPSA) is 70.6 Å². The lowest BCUT2D eigenvalue weighted by molar-refractivity contribution is -0.120. The van der Waals surface area contributed by atoms with E-state index in [1.165, 1.54) is 0 Å². The Balaban J connectivity index is 1.49. The first kappa shape index (κ1) is 18.1. The van der Waals surface area contributed by atoms with Gasteiger partial charge in [0.15, 0.2) is 0 Å². The van der Waals surface area contributed by atoms with Crippen molar-refractivity contribution in [3.05, 3.63) is 47.8 Å². The van der Waals surface area contributed by atoms with Crippen molar-refractivity contribution < 1.29 is 9.53 Å². The van der Waals surface area contributed by atoms with Crippen molar-refractivity contribution in [1.29, 1.82) is 0 Å². The van der Waals surface area contributed by atoms with Gasteiger partial charge in [-0.2, -0.15) is 0 Å². The van der Waals surface area contributed by atoms with E-state index >= 15 is 0 Å². The van der Waals surface area contributed by atoms with E-state index in [0.717, 1.165) is 37.6 Å². The molecule has 1 aliphatic heterocycles. The van der Waals surface area contributed by atoms with Crippen molar-refractivity contribution >= 4 is 11.7 Å². The Morgan fingerprint density at radius 3 is 2.69 bits per heavy atom. The first-order valence-electron chi connectivity index (χ1n) is 8.79. The number of ether oxygens (including phenoxy) is 1. The number of hydrogen-bond donors (Lipinski definition) is 1. The number of hydrogen-bond acceptors (Lipinski definition) is 6. The molecule has 2 aromatic rings. The van der Waals surface area contributed by atoms with E-state index in [2.05, 4.69) is 32.1 Å². The number of nitrogens with zero attached hydrogens (tertiary/aromatic N) is 4.